The monoisotopic (exact) mass is 361 g/mol. The summed E-state index contributed by atoms with van der Waals surface area (Å²) in [5.74, 6) is 1.81. The number of hydrogen-bond acceptors (Lipinski definition) is 5. The van der Waals surface area contributed by atoms with Crippen LogP contribution in [0.25, 0.3) is 10.9 Å². The zero-order chi connectivity index (χ0) is 18.8. The Kier molecular flexibility index (Phi) is 3.41. The van der Waals surface area contributed by atoms with Gasteiger partial charge in [-0.15, -0.1) is 0 Å². The molecular formula is C21H23N5O. The number of rotatable bonds is 3. The van der Waals surface area contributed by atoms with Crippen molar-refractivity contribution in [3.05, 3.63) is 47.5 Å². The van der Waals surface area contributed by atoms with Gasteiger partial charge in [-0.25, -0.2) is 9.97 Å². The fraction of sp³-hybridized carbons (Fsp3) is 0.429. The van der Waals surface area contributed by atoms with Crippen LogP contribution in [0.15, 0.2) is 30.7 Å². The van der Waals surface area contributed by atoms with Gasteiger partial charge in [0.2, 0.25) is 0 Å². The molecule has 138 valence electrons. The SMILES string of the molecule is CC1(C)CC(=O)c2cnn(CC3CC3c3ccc4c(N)ncnc4c3)c2C1. The van der Waals surface area contributed by atoms with Gasteiger partial charge in [0, 0.05) is 24.0 Å². The molecule has 0 saturated heterocycles. The molecule has 27 heavy (non-hydrogen) atoms. The number of aromatic nitrogens is 4. The van der Waals surface area contributed by atoms with Crippen LogP contribution in [0.4, 0.5) is 5.82 Å². The summed E-state index contributed by atoms with van der Waals surface area (Å²) in [5.41, 5.74) is 10.1. The molecular weight excluding hydrogens is 338 g/mol. The standard InChI is InChI=1S/C21H23N5O/c1-21(2)7-18-16(19(27)8-21)9-25-26(18)10-13-5-15(13)12-3-4-14-17(6-12)23-11-24-20(14)22/h3-4,6,9,11,13,15H,5,7-8,10H2,1-2H3,(H2,22,23,24). The van der Waals surface area contributed by atoms with Crippen LogP contribution in [0.2, 0.25) is 0 Å². The number of carbonyl (C=O) groups is 1. The van der Waals surface area contributed by atoms with Crippen LogP contribution in [0.1, 0.15) is 54.2 Å². The molecule has 0 aliphatic heterocycles. The maximum absolute atomic E-state index is 12.4. The Morgan fingerprint density at radius 1 is 1.26 bits per heavy atom. The van der Waals surface area contributed by atoms with Crippen molar-refractivity contribution in [2.24, 2.45) is 11.3 Å². The molecule has 1 aromatic carbocycles. The van der Waals surface area contributed by atoms with E-state index in [0.717, 1.165) is 41.5 Å². The lowest BCUT2D eigenvalue weighted by Gasteiger charge is -2.29. The molecule has 2 heterocycles. The largest absolute Gasteiger partial charge is 0.383 e. The molecule has 0 spiro atoms. The van der Waals surface area contributed by atoms with Crippen LogP contribution in [0.3, 0.4) is 0 Å². The molecule has 3 aromatic rings. The van der Waals surface area contributed by atoms with Gasteiger partial charge in [-0.3, -0.25) is 9.48 Å². The quantitative estimate of drug-likeness (QED) is 0.773. The second-order valence-electron chi connectivity index (χ2n) is 8.77. The smallest absolute Gasteiger partial charge is 0.166 e. The molecule has 1 saturated carbocycles. The van der Waals surface area contributed by atoms with Gasteiger partial charge in [0.05, 0.1) is 17.3 Å². The lowest BCUT2D eigenvalue weighted by atomic mass is 9.76. The van der Waals surface area contributed by atoms with E-state index in [-0.39, 0.29) is 11.2 Å². The van der Waals surface area contributed by atoms with Crippen LogP contribution < -0.4 is 5.73 Å². The zero-order valence-electron chi connectivity index (χ0n) is 15.6. The first-order valence-electron chi connectivity index (χ1n) is 9.49. The number of nitrogen functional groups attached to an aromatic ring is 1. The van der Waals surface area contributed by atoms with Gasteiger partial charge >= 0.3 is 0 Å². The Balaban J connectivity index is 1.37. The van der Waals surface area contributed by atoms with E-state index >= 15 is 0 Å². The highest BCUT2D eigenvalue weighted by molar-refractivity contribution is 5.98. The minimum atomic E-state index is 0.0167. The Morgan fingerprint density at radius 2 is 2.11 bits per heavy atom. The summed E-state index contributed by atoms with van der Waals surface area (Å²) in [7, 11) is 0. The third kappa shape index (κ3) is 2.80. The van der Waals surface area contributed by atoms with E-state index in [4.69, 9.17) is 5.73 Å². The molecule has 6 nitrogen and oxygen atoms in total. The summed E-state index contributed by atoms with van der Waals surface area (Å²) in [6.45, 7) is 5.19. The van der Waals surface area contributed by atoms with E-state index in [2.05, 4.69) is 45.7 Å². The molecule has 0 amide bonds. The first-order valence-corrected chi connectivity index (χ1v) is 9.49. The number of Topliss-reactive ketones (excluding diaryl/α,β-unsaturated/α-hetero) is 1. The lowest BCUT2D eigenvalue weighted by molar-refractivity contribution is 0.0909. The number of hydrogen-bond donors (Lipinski definition) is 1. The number of carbonyl (C=O) groups excluding carboxylic acids is 1. The maximum Gasteiger partial charge on any atom is 0.166 e. The van der Waals surface area contributed by atoms with Crippen molar-refractivity contribution in [1.82, 2.24) is 19.7 Å². The van der Waals surface area contributed by atoms with Crippen molar-refractivity contribution in [2.45, 2.75) is 45.6 Å². The molecule has 0 radical (unpaired) electrons. The van der Waals surface area contributed by atoms with E-state index in [9.17, 15) is 4.79 Å². The number of fused-ring (bicyclic) bond motifs is 2. The summed E-state index contributed by atoms with van der Waals surface area (Å²) >= 11 is 0. The number of nitrogens with zero attached hydrogens (tertiary/aromatic N) is 4. The summed E-state index contributed by atoms with van der Waals surface area (Å²) in [5, 5.41) is 5.45. The predicted octanol–water partition coefficient (Wildman–Crippen LogP) is 3.37. The van der Waals surface area contributed by atoms with Crippen LogP contribution in [-0.2, 0) is 13.0 Å². The average molecular weight is 361 g/mol. The van der Waals surface area contributed by atoms with E-state index in [1.54, 1.807) is 6.20 Å². The van der Waals surface area contributed by atoms with Gasteiger partial charge in [0.15, 0.2) is 5.78 Å². The fourth-order valence-corrected chi connectivity index (χ4v) is 4.44. The molecule has 2 atom stereocenters. The summed E-state index contributed by atoms with van der Waals surface area (Å²) < 4.78 is 2.07. The van der Waals surface area contributed by atoms with Gasteiger partial charge in [0.25, 0.3) is 0 Å². The molecule has 2 N–H and O–H groups in total. The van der Waals surface area contributed by atoms with Crippen molar-refractivity contribution in [3.63, 3.8) is 0 Å². The zero-order valence-corrected chi connectivity index (χ0v) is 15.6. The van der Waals surface area contributed by atoms with Crippen molar-refractivity contribution in [1.29, 1.82) is 0 Å². The number of ketones is 1. The summed E-state index contributed by atoms with van der Waals surface area (Å²) in [4.78, 5) is 20.8. The fourth-order valence-electron chi connectivity index (χ4n) is 4.44. The van der Waals surface area contributed by atoms with Gasteiger partial charge in [-0.1, -0.05) is 19.9 Å². The van der Waals surface area contributed by atoms with Crippen LogP contribution in [0, 0.1) is 11.3 Å². The summed E-state index contributed by atoms with van der Waals surface area (Å²) in [6, 6.07) is 6.29. The molecule has 5 rings (SSSR count). The Hall–Kier alpha value is -2.76. The van der Waals surface area contributed by atoms with E-state index in [1.807, 2.05) is 6.07 Å². The van der Waals surface area contributed by atoms with Gasteiger partial charge in [-0.05, 0) is 47.8 Å². The topological polar surface area (TPSA) is 86.7 Å². The highest BCUT2D eigenvalue weighted by atomic mass is 16.1. The first kappa shape index (κ1) is 16.4. The third-order valence-corrected chi connectivity index (χ3v) is 5.98. The van der Waals surface area contributed by atoms with E-state index < -0.39 is 0 Å². The number of nitrogens with two attached hydrogens (primary N) is 1. The molecule has 2 unspecified atom stereocenters. The number of benzene rings is 1. The molecule has 0 bridgehead atoms. The van der Waals surface area contributed by atoms with Crippen LogP contribution in [-0.4, -0.2) is 25.5 Å². The lowest BCUT2D eigenvalue weighted by Crippen LogP contribution is -2.28. The minimum Gasteiger partial charge on any atom is -0.383 e. The third-order valence-electron chi connectivity index (χ3n) is 5.98. The summed E-state index contributed by atoms with van der Waals surface area (Å²) in [6.07, 6.45) is 5.94. The molecule has 6 heteroatoms. The highest BCUT2D eigenvalue weighted by Gasteiger charge is 2.40. The molecule has 1 fully saturated rings. The second kappa shape index (κ2) is 5.62. The first-order chi connectivity index (χ1) is 12.9. The van der Waals surface area contributed by atoms with E-state index in [1.165, 1.54) is 11.9 Å². The highest BCUT2D eigenvalue weighted by Crippen LogP contribution is 2.49. The van der Waals surface area contributed by atoms with Gasteiger partial charge < -0.3 is 5.73 Å². The maximum atomic E-state index is 12.4. The predicted molar refractivity (Wildman–Crippen MR) is 103 cm³/mol. The van der Waals surface area contributed by atoms with Crippen molar-refractivity contribution in [3.8, 4) is 0 Å². The van der Waals surface area contributed by atoms with Crippen molar-refractivity contribution >= 4 is 22.5 Å². The van der Waals surface area contributed by atoms with Gasteiger partial charge in [0.1, 0.15) is 12.1 Å². The molecule has 2 aliphatic carbocycles. The second-order valence-corrected chi connectivity index (χ2v) is 8.77. The Morgan fingerprint density at radius 3 is 2.96 bits per heavy atom. The van der Waals surface area contributed by atoms with Crippen molar-refractivity contribution in [2.75, 3.05) is 5.73 Å². The van der Waals surface area contributed by atoms with Crippen molar-refractivity contribution < 1.29 is 4.79 Å². The van der Waals surface area contributed by atoms with Crippen LogP contribution >= 0.6 is 0 Å². The van der Waals surface area contributed by atoms with E-state index in [0.29, 0.717) is 24.1 Å². The van der Waals surface area contributed by atoms with Crippen LogP contribution in [0.5, 0.6) is 0 Å². The number of anilines is 1. The Bertz CT molecular complexity index is 1070. The Labute approximate surface area is 157 Å². The normalized spacial score (nSPS) is 23.4. The average Bonchev–Trinajstić information content (AvgIpc) is 3.27. The molecule has 2 aromatic heterocycles. The molecule has 2 aliphatic rings. The minimum absolute atomic E-state index is 0.0167. The van der Waals surface area contributed by atoms with Gasteiger partial charge in [-0.2, -0.15) is 5.10 Å².